The molecule has 0 spiro atoms. The smallest absolute Gasteiger partial charge is 0.319 e. The number of carbonyl (C=O) groups is 2. The van der Waals surface area contributed by atoms with Crippen LogP contribution in [0.2, 0.25) is 0 Å². The highest BCUT2D eigenvalue weighted by molar-refractivity contribution is 8.14. The molecule has 0 saturated heterocycles. The Morgan fingerprint density at radius 1 is 1.06 bits per heavy atom. The lowest BCUT2D eigenvalue weighted by atomic mass is 10.1. The van der Waals surface area contributed by atoms with Crippen molar-refractivity contribution in [2.24, 2.45) is 0 Å². The summed E-state index contributed by atoms with van der Waals surface area (Å²) < 4.78 is 4.71. The third kappa shape index (κ3) is 9.51. The van der Waals surface area contributed by atoms with Crippen LogP contribution in [0, 0.1) is 0 Å². The van der Waals surface area contributed by atoms with Crippen LogP contribution in [0.1, 0.15) is 65.2 Å². The molecule has 0 aromatic heterocycles. The van der Waals surface area contributed by atoms with Gasteiger partial charge < -0.3 is 4.74 Å². The molecule has 18 heavy (non-hydrogen) atoms. The van der Waals surface area contributed by atoms with Gasteiger partial charge in [0.05, 0.1) is 7.11 Å². The van der Waals surface area contributed by atoms with Gasteiger partial charge in [0.15, 0.2) is 5.12 Å². The number of carbonyl (C=O) groups excluding carboxylic acids is 2. The van der Waals surface area contributed by atoms with E-state index in [1.807, 2.05) is 0 Å². The standard InChI is InChI=1S/C14H26O3S/c1-4-5-6-7-8-9-10-11-13(14(16)17-3)18-12(2)15/h13H,4-11H2,1-3H3. The van der Waals surface area contributed by atoms with E-state index in [1.54, 1.807) is 0 Å². The first-order valence-corrected chi connectivity index (χ1v) is 7.74. The van der Waals surface area contributed by atoms with E-state index in [1.165, 1.54) is 46.1 Å². The van der Waals surface area contributed by atoms with Crippen LogP contribution in [-0.2, 0) is 14.3 Å². The highest BCUT2D eigenvalue weighted by Gasteiger charge is 2.21. The number of hydrogen-bond acceptors (Lipinski definition) is 4. The second-order valence-electron chi connectivity index (χ2n) is 4.53. The first kappa shape index (κ1) is 17.5. The van der Waals surface area contributed by atoms with Gasteiger partial charge in [-0.15, -0.1) is 0 Å². The van der Waals surface area contributed by atoms with Crippen molar-refractivity contribution in [3.05, 3.63) is 0 Å². The lowest BCUT2D eigenvalue weighted by Crippen LogP contribution is -2.20. The molecule has 0 fully saturated rings. The van der Waals surface area contributed by atoms with E-state index in [0.29, 0.717) is 0 Å². The van der Waals surface area contributed by atoms with Gasteiger partial charge in [-0.2, -0.15) is 0 Å². The summed E-state index contributed by atoms with van der Waals surface area (Å²) in [5.74, 6) is -0.277. The van der Waals surface area contributed by atoms with Gasteiger partial charge in [-0.25, -0.2) is 0 Å². The normalized spacial score (nSPS) is 12.2. The first-order valence-electron chi connectivity index (χ1n) is 6.86. The van der Waals surface area contributed by atoms with Crippen molar-refractivity contribution >= 4 is 22.8 Å². The SMILES string of the molecule is CCCCCCCCCC(SC(C)=O)C(=O)OC. The van der Waals surface area contributed by atoms with Crippen molar-refractivity contribution in [3.8, 4) is 0 Å². The number of methoxy groups -OCH3 is 1. The first-order chi connectivity index (χ1) is 8.61. The molecule has 0 N–H and O–H groups in total. The minimum absolute atomic E-state index is 0.0201. The molecular formula is C14H26O3S. The summed E-state index contributed by atoms with van der Waals surface area (Å²) in [7, 11) is 1.38. The van der Waals surface area contributed by atoms with Gasteiger partial charge in [0.1, 0.15) is 5.25 Å². The number of esters is 1. The molecule has 0 amide bonds. The number of rotatable bonds is 10. The zero-order valence-electron chi connectivity index (χ0n) is 11.9. The van der Waals surface area contributed by atoms with Gasteiger partial charge >= 0.3 is 5.97 Å². The molecule has 1 unspecified atom stereocenters. The van der Waals surface area contributed by atoms with Crippen molar-refractivity contribution in [1.29, 1.82) is 0 Å². The van der Waals surface area contributed by atoms with Crippen LogP contribution < -0.4 is 0 Å². The zero-order valence-corrected chi connectivity index (χ0v) is 12.7. The minimum atomic E-state index is -0.317. The van der Waals surface area contributed by atoms with Crippen molar-refractivity contribution in [2.45, 2.75) is 70.5 Å². The van der Waals surface area contributed by atoms with E-state index in [2.05, 4.69) is 6.92 Å². The minimum Gasteiger partial charge on any atom is -0.468 e. The van der Waals surface area contributed by atoms with Crippen molar-refractivity contribution in [1.82, 2.24) is 0 Å². The quantitative estimate of drug-likeness (QED) is 0.447. The van der Waals surface area contributed by atoms with Gasteiger partial charge in [0, 0.05) is 6.92 Å². The predicted molar refractivity (Wildman–Crippen MR) is 76.7 cm³/mol. The summed E-state index contributed by atoms with van der Waals surface area (Å²) in [6, 6.07) is 0. The average molecular weight is 274 g/mol. The fraction of sp³-hybridized carbons (Fsp3) is 0.857. The number of unbranched alkanes of at least 4 members (excludes halogenated alkanes) is 6. The fourth-order valence-electron chi connectivity index (χ4n) is 1.84. The third-order valence-electron chi connectivity index (χ3n) is 2.84. The molecule has 1 atom stereocenters. The molecule has 0 aromatic rings. The zero-order chi connectivity index (χ0) is 13.8. The van der Waals surface area contributed by atoms with Gasteiger partial charge in [0.2, 0.25) is 0 Å². The van der Waals surface area contributed by atoms with E-state index < -0.39 is 0 Å². The average Bonchev–Trinajstić information content (AvgIpc) is 2.34. The topological polar surface area (TPSA) is 43.4 Å². The van der Waals surface area contributed by atoms with E-state index in [9.17, 15) is 9.59 Å². The summed E-state index contributed by atoms with van der Waals surface area (Å²) in [5.41, 5.74) is 0. The lowest BCUT2D eigenvalue weighted by Gasteiger charge is -2.12. The van der Waals surface area contributed by atoms with E-state index in [-0.39, 0.29) is 16.3 Å². The Kier molecular flexibility index (Phi) is 11.2. The van der Waals surface area contributed by atoms with Gasteiger partial charge in [0.25, 0.3) is 0 Å². The second-order valence-corrected chi connectivity index (χ2v) is 5.91. The van der Waals surface area contributed by atoms with Crippen molar-refractivity contribution in [2.75, 3.05) is 7.11 Å². The van der Waals surface area contributed by atoms with Crippen LogP contribution in [0.25, 0.3) is 0 Å². The molecule has 0 saturated carbocycles. The number of ether oxygens (including phenoxy) is 1. The fourth-order valence-corrected chi connectivity index (χ4v) is 2.72. The molecule has 3 nitrogen and oxygen atoms in total. The Bertz CT molecular complexity index is 241. The summed E-state index contributed by atoms with van der Waals surface area (Å²) >= 11 is 1.09. The van der Waals surface area contributed by atoms with E-state index in [0.717, 1.165) is 31.0 Å². The van der Waals surface area contributed by atoms with Crippen LogP contribution in [0.15, 0.2) is 0 Å². The largest absolute Gasteiger partial charge is 0.468 e. The molecule has 4 heteroatoms. The maximum absolute atomic E-state index is 11.5. The summed E-state index contributed by atoms with van der Waals surface area (Å²) in [6.45, 7) is 3.70. The Morgan fingerprint density at radius 3 is 2.11 bits per heavy atom. The summed E-state index contributed by atoms with van der Waals surface area (Å²) in [4.78, 5) is 22.5. The van der Waals surface area contributed by atoms with Gasteiger partial charge in [-0.05, 0) is 6.42 Å². The Balaban J connectivity index is 3.69. The molecule has 106 valence electrons. The molecule has 0 bridgehead atoms. The van der Waals surface area contributed by atoms with Crippen molar-refractivity contribution in [3.63, 3.8) is 0 Å². The molecule has 0 aliphatic heterocycles. The maximum Gasteiger partial charge on any atom is 0.319 e. The third-order valence-corrected chi connectivity index (χ3v) is 3.89. The van der Waals surface area contributed by atoms with E-state index in [4.69, 9.17) is 4.74 Å². The highest BCUT2D eigenvalue weighted by Crippen LogP contribution is 2.20. The molecule has 0 rings (SSSR count). The van der Waals surface area contributed by atoms with Crippen LogP contribution in [-0.4, -0.2) is 23.4 Å². The van der Waals surface area contributed by atoms with Gasteiger partial charge in [-0.3, -0.25) is 9.59 Å². The summed E-state index contributed by atoms with van der Waals surface area (Å²) in [5, 5.41) is -0.337. The molecule has 0 aromatic carbocycles. The second kappa shape index (κ2) is 11.6. The summed E-state index contributed by atoms with van der Waals surface area (Å²) in [6.07, 6.45) is 9.24. The highest BCUT2D eigenvalue weighted by atomic mass is 32.2. The predicted octanol–water partition coefficient (Wildman–Crippen LogP) is 3.95. The van der Waals surface area contributed by atoms with Crippen LogP contribution in [0.3, 0.4) is 0 Å². The van der Waals surface area contributed by atoms with Crippen LogP contribution in [0.4, 0.5) is 0 Å². The Morgan fingerprint density at radius 2 is 1.61 bits per heavy atom. The van der Waals surface area contributed by atoms with Crippen molar-refractivity contribution < 1.29 is 14.3 Å². The monoisotopic (exact) mass is 274 g/mol. The number of thioether (sulfide) groups is 1. The lowest BCUT2D eigenvalue weighted by molar-refractivity contribution is -0.140. The van der Waals surface area contributed by atoms with E-state index >= 15 is 0 Å². The van der Waals surface area contributed by atoms with Crippen LogP contribution >= 0.6 is 11.8 Å². The molecule has 0 radical (unpaired) electrons. The molecule has 0 aliphatic rings. The van der Waals surface area contributed by atoms with Crippen LogP contribution in [0.5, 0.6) is 0 Å². The number of hydrogen-bond donors (Lipinski definition) is 0. The molecular weight excluding hydrogens is 248 g/mol. The van der Waals surface area contributed by atoms with Gasteiger partial charge in [-0.1, -0.05) is 63.6 Å². The molecule has 0 aliphatic carbocycles. The molecule has 0 heterocycles. The Labute approximate surface area is 115 Å². The maximum atomic E-state index is 11.5. The Hall–Kier alpha value is -0.510.